The van der Waals surface area contributed by atoms with E-state index < -0.39 is 23.0 Å². The monoisotopic (exact) mass is 535 g/mol. The van der Waals surface area contributed by atoms with Crippen molar-refractivity contribution in [1.29, 1.82) is 0 Å². The highest BCUT2D eigenvalue weighted by atomic mass is 35.5. The van der Waals surface area contributed by atoms with Crippen LogP contribution in [0.3, 0.4) is 0 Å². The summed E-state index contributed by atoms with van der Waals surface area (Å²) in [4.78, 5) is 26.8. The number of alkyl halides is 3. The van der Waals surface area contributed by atoms with E-state index in [1.165, 1.54) is 12.1 Å². The number of benzene rings is 2. The number of nitrogens with zero attached hydrogens (tertiary/aromatic N) is 1. The van der Waals surface area contributed by atoms with Gasteiger partial charge in [0.05, 0.1) is 17.2 Å². The third-order valence-corrected chi connectivity index (χ3v) is 7.74. The van der Waals surface area contributed by atoms with Crippen LogP contribution in [0.5, 0.6) is 5.75 Å². The third-order valence-electron chi connectivity index (χ3n) is 7.48. The zero-order chi connectivity index (χ0) is 26.4. The van der Waals surface area contributed by atoms with Gasteiger partial charge in [-0.25, -0.2) is 4.79 Å². The van der Waals surface area contributed by atoms with Crippen LogP contribution in [-0.2, 0) is 11.0 Å². The number of carbonyl (C=O) groups excluding carboxylic acids is 1. The molecule has 196 valence electrons. The Kier molecular flexibility index (Phi) is 6.70. The average Bonchev–Trinajstić information content (AvgIpc) is 2.85. The smallest absolute Gasteiger partial charge is 0.417 e. The quantitative estimate of drug-likeness (QED) is 0.431. The predicted molar refractivity (Wildman–Crippen MR) is 130 cm³/mol. The number of piperidine rings is 1. The fourth-order valence-electron chi connectivity index (χ4n) is 5.73. The molecule has 2 fully saturated rings. The maximum atomic E-state index is 13.4. The summed E-state index contributed by atoms with van der Waals surface area (Å²) in [5.41, 5.74) is -2.50. The van der Waals surface area contributed by atoms with Crippen LogP contribution < -0.4 is 10.4 Å². The Hall–Kier alpha value is -3.04. The van der Waals surface area contributed by atoms with Gasteiger partial charge in [-0.1, -0.05) is 36.6 Å². The topological polar surface area (TPSA) is 80.0 Å². The second-order valence-corrected chi connectivity index (χ2v) is 10.1. The molecule has 1 aromatic heterocycles. The largest absolute Gasteiger partial charge is 0.484 e. The Morgan fingerprint density at radius 2 is 1.89 bits per heavy atom. The van der Waals surface area contributed by atoms with Crippen molar-refractivity contribution in [3.8, 4) is 5.75 Å². The van der Waals surface area contributed by atoms with Gasteiger partial charge in [-0.15, -0.1) is 0 Å². The van der Waals surface area contributed by atoms with Crippen LogP contribution in [0.15, 0.2) is 57.7 Å². The van der Waals surface area contributed by atoms with Crippen molar-refractivity contribution in [2.24, 2.45) is 5.92 Å². The van der Waals surface area contributed by atoms with Gasteiger partial charge in [-0.2, -0.15) is 13.2 Å². The highest BCUT2D eigenvalue weighted by Gasteiger charge is 2.50. The van der Waals surface area contributed by atoms with Gasteiger partial charge in [0, 0.05) is 35.0 Å². The molecule has 6 nitrogen and oxygen atoms in total. The van der Waals surface area contributed by atoms with E-state index in [2.05, 4.69) is 0 Å². The molecule has 5 rings (SSSR count). The molecule has 2 heterocycles. The van der Waals surface area contributed by atoms with Crippen molar-refractivity contribution in [3.05, 3.63) is 75.1 Å². The SMILES string of the molecule is O=C(COc1ccc2c(C(F)(F)F)cc(=O)oc2c1)N1CC[C@@]2(O)CCCC[C@@H]2[C@H]1c1ccc(Cl)cc1. The van der Waals surface area contributed by atoms with Crippen LogP contribution in [0.2, 0.25) is 5.02 Å². The average molecular weight is 536 g/mol. The molecule has 0 spiro atoms. The molecular weight excluding hydrogens is 511 g/mol. The minimum absolute atomic E-state index is 0.0950. The minimum Gasteiger partial charge on any atom is -0.484 e. The molecule has 1 amide bonds. The highest BCUT2D eigenvalue weighted by Crippen LogP contribution is 2.49. The Balaban J connectivity index is 1.39. The van der Waals surface area contributed by atoms with E-state index in [4.69, 9.17) is 20.8 Å². The molecule has 2 aromatic carbocycles. The summed E-state index contributed by atoms with van der Waals surface area (Å²) in [5.74, 6) is -0.369. The van der Waals surface area contributed by atoms with Gasteiger partial charge in [0.1, 0.15) is 11.3 Å². The lowest BCUT2D eigenvalue weighted by atomic mass is 9.66. The number of halogens is 4. The molecule has 3 aromatic rings. The summed E-state index contributed by atoms with van der Waals surface area (Å²) in [6.07, 6.45) is -0.918. The first-order valence-electron chi connectivity index (χ1n) is 12.1. The fourth-order valence-corrected chi connectivity index (χ4v) is 5.86. The van der Waals surface area contributed by atoms with Gasteiger partial charge in [-0.3, -0.25) is 4.79 Å². The molecule has 1 aliphatic carbocycles. The van der Waals surface area contributed by atoms with E-state index >= 15 is 0 Å². The first-order valence-corrected chi connectivity index (χ1v) is 12.5. The lowest BCUT2D eigenvalue weighted by molar-refractivity contribution is -0.157. The Morgan fingerprint density at radius 1 is 1.14 bits per heavy atom. The van der Waals surface area contributed by atoms with Gasteiger partial charge in [0.2, 0.25) is 0 Å². The number of likely N-dealkylation sites (tertiary alicyclic amines) is 1. The molecule has 0 bridgehead atoms. The fraction of sp³-hybridized carbons (Fsp3) is 0.407. The van der Waals surface area contributed by atoms with Crippen molar-refractivity contribution in [2.75, 3.05) is 13.2 Å². The second-order valence-electron chi connectivity index (χ2n) is 9.71. The molecule has 2 aliphatic rings. The molecule has 1 aliphatic heterocycles. The van der Waals surface area contributed by atoms with Crippen molar-refractivity contribution >= 4 is 28.5 Å². The first kappa shape index (κ1) is 25.6. The van der Waals surface area contributed by atoms with E-state index in [1.54, 1.807) is 17.0 Å². The van der Waals surface area contributed by atoms with Gasteiger partial charge < -0.3 is 19.2 Å². The summed E-state index contributed by atoms with van der Waals surface area (Å²) in [6, 6.07) is 10.9. The minimum atomic E-state index is -4.72. The molecule has 3 atom stereocenters. The zero-order valence-electron chi connectivity index (χ0n) is 19.8. The predicted octanol–water partition coefficient (Wildman–Crippen LogP) is 5.74. The number of fused-ring (bicyclic) bond motifs is 2. The first-order chi connectivity index (χ1) is 17.5. The van der Waals surface area contributed by atoms with Gasteiger partial charge >= 0.3 is 11.8 Å². The van der Waals surface area contributed by atoms with E-state index in [-0.39, 0.29) is 41.2 Å². The number of hydrogen-bond donors (Lipinski definition) is 1. The summed E-state index contributed by atoms with van der Waals surface area (Å²) in [6.45, 7) is -0.0338. The molecule has 0 unspecified atom stereocenters. The number of aliphatic hydroxyl groups is 1. The summed E-state index contributed by atoms with van der Waals surface area (Å²) in [7, 11) is 0. The molecule has 1 N–H and O–H groups in total. The van der Waals surface area contributed by atoms with Crippen LogP contribution in [0.4, 0.5) is 13.2 Å². The van der Waals surface area contributed by atoms with E-state index in [0.717, 1.165) is 30.9 Å². The van der Waals surface area contributed by atoms with Gasteiger partial charge in [0.15, 0.2) is 6.61 Å². The molecular formula is C27H25ClF3NO5. The van der Waals surface area contributed by atoms with Crippen LogP contribution in [-0.4, -0.2) is 34.7 Å². The van der Waals surface area contributed by atoms with Gasteiger partial charge in [0.25, 0.3) is 5.91 Å². The molecule has 10 heteroatoms. The lowest BCUT2D eigenvalue weighted by Gasteiger charge is -2.52. The summed E-state index contributed by atoms with van der Waals surface area (Å²) >= 11 is 6.08. The molecule has 37 heavy (non-hydrogen) atoms. The highest BCUT2D eigenvalue weighted by molar-refractivity contribution is 6.30. The Bertz CT molecular complexity index is 1370. The van der Waals surface area contributed by atoms with Crippen LogP contribution in [0.1, 0.15) is 49.3 Å². The third kappa shape index (κ3) is 5.07. The van der Waals surface area contributed by atoms with E-state index in [9.17, 15) is 27.9 Å². The number of amides is 1. The van der Waals surface area contributed by atoms with Gasteiger partial charge in [-0.05, 0) is 49.1 Å². The second kappa shape index (κ2) is 9.68. The van der Waals surface area contributed by atoms with Crippen molar-refractivity contribution in [1.82, 2.24) is 4.90 Å². The maximum absolute atomic E-state index is 13.4. The van der Waals surface area contributed by atoms with Crippen LogP contribution in [0.25, 0.3) is 11.0 Å². The molecule has 1 saturated carbocycles. The zero-order valence-corrected chi connectivity index (χ0v) is 20.5. The number of carbonyl (C=O) groups is 1. The Morgan fingerprint density at radius 3 is 2.62 bits per heavy atom. The van der Waals surface area contributed by atoms with Crippen LogP contribution >= 0.6 is 11.6 Å². The summed E-state index contributed by atoms with van der Waals surface area (Å²) < 4.78 is 50.5. The lowest BCUT2D eigenvalue weighted by Crippen LogP contribution is -2.56. The standard InChI is InChI=1S/C27H25ClF3NO5/c28-17-6-4-16(5-7-17)25-20-3-1-2-10-26(20,35)11-12-32(25)23(33)15-36-18-8-9-19-21(27(29,30)31)14-24(34)37-22(19)13-18/h4-9,13-14,20,25,35H,1-3,10-12,15H2/t20-,25-,26+/m1/s1. The molecule has 0 radical (unpaired) electrons. The number of hydrogen-bond acceptors (Lipinski definition) is 5. The van der Waals surface area contributed by atoms with E-state index in [0.29, 0.717) is 30.5 Å². The van der Waals surface area contributed by atoms with Crippen LogP contribution in [0, 0.1) is 5.92 Å². The molecule has 1 saturated heterocycles. The maximum Gasteiger partial charge on any atom is 0.417 e. The van der Waals surface area contributed by atoms with Crippen molar-refractivity contribution in [3.63, 3.8) is 0 Å². The van der Waals surface area contributed by atoms with Crippen molar-refractivity contribution in [2.45, 2.75) is 49.9 Å². The van der Waals surface area contributed by atoms with E-state index in [1.807, 2.05) is 12.1 Å². The van der Waals surface area contributed by atoms with Crippen molar-refractivity contribution < 1.29 is 32.2 Å². The Labute approximate surface area is 215 Å². The summed E-state index contributed by atoms with van der Waals surface area (Å²) in [5, 5.41) is 11.7. The normalized spacial score (nSPS) is 24.1. The number of ether oxygens (including phenoxy) is 1. The number of rotatable bonds is 4.